The molecule has 2 aliphatic rings. The van der Waals surface area contributed by atoms with Gasteiger partial charge in [-0.1, -0.05) is 55.8 Å². The molecule has 0 saturated carbocycles. The Morgan fingerprint density at radius 1 is 1.03 bits per heavy atom. The summed E-state index contributed by atoms with van der Waals surface area (Å²) in [5.74, 6) is -0.878. The van der Waals surface area contributed by atoms with Crippen molar-refractivity contribution in [2.75, 3.05) is 22.9 Å². The van der Waals surface area contributed by atoms with Crippen LogP contribution in [0.1, 0.15) is 30.9 Å². The first-order valence-corrected chi connectivity index (χ1v) is 11.7. The topological polar surface area (TPSA) is 52.7 Å². The SMILES string of the molecule is CCCCN1CCc2cc(C=C3C(=O)NC(=S)N(c4cccc5ccccc45)C3=O)ccc21. The third-order valence-electron chi connectivity index (χ3n) is 6.30. The highest BCUT2D eigenvalue weighted by Crippen LogP contribution is 2.32. The van der Waals surface area contributed by atoms with Crippen LogP contribution in [0.4, 0.5) is 11.4 Å². The van der Waals surface area contributed by atoms with Gasteiger partial charge in [-0.25, -0.2) is 0 Å². The Bertz CT molecular complexity index is 1310. The molecule has 33 heavy (non-hydrogen) atoms. The van der Waals surface area contributed by atoms with Crippen molar-refractivity contribution in [3.63, 3.8) is 0 Å². The van der Waals surface area contributed by atoms with Crippen LogP contribution in [0.5, 0.6) is 0 Å². The monoisotopic (exact) mass is 455 g/mol. The number of nitrogens with one attached hydrogen (secondary N) is 1. The molecule has 1 saturated heterocycles. The van der Waals surface area contributed by atoms with Gasteiger partial charge in [-0.15, -0.1) is 0 Å². The van der Waals surface area contributed by atoms with Crippen molar-refractivity contribution in [1.29, 1.82) is 0 Å². The highest BCUT2D eigenvalue weighted by atomic mass is 32.1. The van der Waals surface area contributed by atoms with E-state index >= 15 is 0 Å². The van der Waals surface area contributed by atoms with Crippen LogP contribution in [-0.2, 0) is 16.0 Å². The number of thiocarbonyl (C=S) groups is 1. The molecule has 1 N–H and O–H groups in total. The van der Waals surface area contributed by atoms with Crippen LogP contribution in [0.15, 0.2) is 66.2 Å². The molecule has 3 aromatic carbocycles. The molecule has 5 rings (SSSR count). The molecule has 0 bridgehead atoms. The van der Waals surface area contributed by atoms with Crippen molar-refractivity contribution in [3.05, 3.63) is 77.4 Å². The predicted octanol–water partition coefficient (Wildman–Crippen LogP) is 4.83. The van der Waals surface area contributed by atoms with Gasteiger partial charge in [0.1, 0.15) is 5.57 Å². The summed E-state index contributed by atoms with van der Waals surface area (Å²) >= 11 is 5.40. The maximum Gasteiger partial charge on any atom is 0.270 e. The minimum atomic E-state index is -0.466. The van der Waals surface area contributed by atoms with Gasteiger partial charge in [0.15, 0.2) is 5.11 Å². The summed E-state index contributed by atoms with van der Waals surface area (Å²) in [6, 6.07) is 19.7. The predicted molar refractivity (Wildman–Crippen MR) is 137 cm³/mol. The van der Waals surface area contributed by atoms with Crippen LogP contribution in [0.25, 0.3) is 16.8 Å². The Balaban J connectivity index is 1.49. The molecule has 2 aliphatic heterocycles. The normalized spacial score (nSPS) is 17.1. The third kappa shape index (κ3) is 3.91. The minimum absolute atomic E-state index is 0.0809. The molecule has 2 amide bonds. The molecular weight excluding hydrogens is 430 g/mol. The lowest BCUT2D eigenvalue weighted by molar-refractivity contribution is -0.122. The van der Waals surface area contributed by atoms with Crippen molar-refractivity contribution in [1.82, 2.24) is 5.32 Å². The summed E-state index contributed by atoms with van der Waals surface area (Å²) in [6.07, 6.45) is 4.99. The molecule has 6 heteroatoms. The van der Waals surface area contributed by atoms with Gasteiger partial charge < -0.3 is 4.90 Å². The lowest BCUT2D eigenvalue weighted by Gasteiger charge is -2.29. The summed E-state index contributed by atoms with van der Waals surface area (Å²) in [7, 11) is 0. The molecule has 0 atom stereocenters. The van der Waals surface area contributed by atoms with E-state index in [1.54, 1.807) is 6.08 Å². The zero-order chi connectivity index (χ0) is 22.9. The van der Waals surface area contributed by atoms with Crippen molar-refractivity contribution < 1.29 is 9.59 Å². The van der Waals surface area contributed by atoms with Crippen molar-refractivity contribution in [2.24, 2.45) is 0 Å². The highest BCUT2D eigenvalue weighted by molar-refractivity contribution is 7.80. The van der Waals surface area contributed by atoms with Gasteiger partial charge in [-0.2, -0.15) is 0 Å². The molecule has 0 unspecified atom stereocenters. The molecule has 3 aromatic rings. The van der Waals surface area contributed by atoms with E-state index in [9.17, 15) is 9.59 Å². The summed E-state index contributed by atoms with van der Waals surface area (Å²) < 4.78 is 0. The van der Waals surface area contributed by atoms with E-state index in [1.807, 2.05) is 48.5 Å². The molecule has 0 spiro atoms. The smallest absolute Gasteiger partial charge is 0.270 e. The molecule has 0 radical (unpaired) electrons. The second-order valence-electron chi connectivity index (χ2n) is 8.43. The maximum absolute atomic E-state index is 13.5. The van der Waals surface area contributed by atoms with E-state index in [4.69, 9.17) is 12.2 Å². The lowest BCUT2D eigenvalue weighted by Crippen LogP contribution is -2.54. The zero-order valence-electron chi connectivity index (χ0n) is 18.5. The number of nitrogens with zero attached hydrogens (tertiary/aromatic N) is 2. The largest absolute Gasteiger partial charge is 0.371 e. The summed E-state index contributed by atoms with van der Waals surface area (Å²) in [5, 5.41) is 4.69. The Labute approximate surface area is 198 Å². The van der Waals surface area contributed by atoms with Gasteiger partial charge in [0.25, 0.3) is 11.8 Å². The minimum Gasteiger partial charge on any atom is -0.371 e. The number of anilines is 2. The summed E-state index contributed by atoms with van der Waals surface area (Å²) in [5.41, 5.74) is 4.09. The quantitative estimate of drug-likeness (QED) is 0.340. The van der Waals surface area contributed by atoms with E-state index < -0.39 is 11.8 Å². The van der Waals surface area contributed by atoms with Crippen molar-refractivity contribution >= 4 is 57.4 Å². The van der Waals surface area contributed by atoms with Crippen molar-refractivity contribution in [2.45, 2.75) is 26.2 Å². The molecule has 0 aromatic heterocycles. The van der Waals surface area contributed by atoms with E-state index in [2.05, 4.69) is 29.3 Å². The molecule has 0 aliphatic carbocycles. The lowest BCUT2D eigenvalue weighted by atomic mass is 10.0. The van der Waals surface area contributed by atoms with Crippen LogP contribution < -0.4 is 15.1 Å². The van der Waals surface area contributed by atoms with Gasteiger partial charge in [-0.3, -0.25) is 19.8 Å². The summed E-state index contributed by atoms with van der Waals surface area (Å²) in [4.78, 5) is 30.1. The number of unbranched alkanes of at least 4 members (excludes halogenated alkanes) is 1. The fourth-order valence-electron chi connectivity index (χ4n) is 4.61. The van der Waals surface area contributed by atoms with Crippen LogP contribution in [0.2, 0.25) is 0 Å². The Morgan fingerprint density at radius 3 is 2.70 bits per heavy atom. The Kier molecular flexibility index (Phi) is 5.68. The first kappa shape index (κ1) is 21.3. The molecule has 5 nitrogen and oxygen atoms in total. The van der Waals surface area contributed by atoms with Gasteiger partial charge in [0.2, 0.25) is 0 Å². The van der Waals surface area contributed by atoms with Crippen LogP contribution in [0.3, 0.4) is 0 Å². The fraction of sp³-hybridized carbons (Fsp3) is 0.222. The number of carbonyl (C=O) groups excluding carboxylic acids is 2. The molecule has 1 fully saturated rings. The number of benzene rings is 3. The van der Waals surface area contributed by atoms with Crippen LogP contribution in [-0.4, -0.2) is 30.0 Å². The second-order valence-corrected chi connectivity index (χ2v) is 8.82. The van der Waals surface area contributed by atoms with Crippen LogP contribution >= 0.6 is 12.2 Å². The highest BCUT2D eigenvalue weighted by Gasteiger charge is 2.35. The number of carbonyl (C=O) groups is 2. The molecular formula is C27H25N3O2S. The Morgan fingerprint density at radius 2 is 1.85 bits per heavy atom. The number of hydrogen-bond acceptors (Lipinski definition) is 4. The maximum atomic E-state index is 13.5. The van der Waals surface area contributed by atoms with Gasteiger partial charge >= 0.3 is 0 Å². The van der Waals surface area contributed by atoms with Gasteiger partial charge in [-0.05, 0) is 65.8 Å². The average molecular weight is 456 g/mol. The number of hydrogen-bond donors (Lipinski definition) is 1. The average Bonchev–Trinajstić information content (AvgIpc) is 3.22. The van der Waals surface area contributed by atoms with Gasteiger partial charge in [0, 0.05) is 24.2 Å². The van der Waals surface area contributed by atoms with E-state index in [0.29, 0.717) is 5.69 Å². The number of rotatable bonds is 5. The van der Waals surface area contributed by atoms with Gasteiger partial charge in [0.05, 0.1) is 5.69 Å². The Hall–Kier alpha value is -3.51. The first-order valence-electron chi connectivity index (χ1n) is 11.3. The number of amides is 2. The van der Waals surface area contributed by atoms with Crippen LogP contribution in [0, 0.1) is 0 Å². The number of fused-ring (bicyclic) bond motifs is 2. The second kappa shape index (κ2) is 8.79. The zero-order valence-corrected chi connectivity index (χ0v) is 19.3. The van der Waals surface area contributed by atoms with E-state index in [-0.39, 0.29) is 10.7 Å². The third-order valence-corrected chi connectivity index (χ3v) is 6.58. The van der Waals surface area contributed by atoms with E-state index in [0.717, 1.165) is 35.8 Å². The molecule has 166 valence electrons. The summed E-state index contributed by atoms with van der Waals surface area (Å²) in [6.45, 7) is 4.27. The first-order chi connectivity index (χ1) is 16.1. The van der Waals surface area contributed by atoms with Crippen molar-refractivity contribution in [3.8, 4) is 0 Å². The molecule has 2 heterocycles. The standard InChI is InChI=1S/C27H25N3O2S/c1-2-3-14-29-15-13-20-16-18(11-12-23(20)29)17-22-25(31)28-27(33)30(26(22)32)24-10-6-8-19-7-4-5-9-21(19)24/h4-12,16-17H,2-3,13-15H2,1H3,(H,28,31,33). The van der Waals surface area contributed by atoms with E-state index in [1.165, 1.54) is 29.0 Å². The fourth-order valence-corrected chi connectivity index (χ4v) is 4.88.